The van der Waals surface area contributed by atoms with Crippen LogP contribution in [0.4, 0.5) is 0 Å². The first-order chi connectivity index (χ1) is 6.40. The Hall–Kier alpha value is -1.20. The van der Waals surface area contributed by atoms with Gasteiger partial charge in [0, 0.05) is 17.3 Å². The third-order valence-electron chi connectivity index (χ3n) is 1.82. The minimum absolute atomic E-state index is 0.0601. The van der Waals surface area contributed by atoms with Crippen molar-refractivity contribution >= 4 is 11.5 Å². The molecule has 2 aromatic heterocycles. The number of hydrogen-bond acceptors (Lipinski definition) is 4. The Labute approximate surface area is 79.6 Å². The third-order valence-corrected chi connectivity index (χ3v) is 2.38. The topological polar surface area (TPSA) is 50.9 Å². The van der Waals surface area contributed by atoms with E-state index in [1.54, 1.807) is 0 Å². The quantitative estimate of drug-likeness (QED) is 0.791. The highest BCUT2D eigenvalue weighted by atomic mass is 32.1. The first-order valence-corrected chi connectivity index (χ1v) is 4.74. The van der Waals surface area contributed by atoms with Crippen LogP contribution in [0.25, 0.3) is 0 Å². The first kappa shape index (κ1) is 8.40. The van der Waals surface area contributed by atoms with Gasteiger partial charge in [-0.3, -0.25) is 0 Å². The number of aliphatic hydroxyl groups is 1. The molecule has 0 aromatic carbocycles. The molecule has 0 amide bonds. The fraction of sp³-hybridized carbons (Fsp3) is 0.250. The summed E-state index contributed by atoms with van der Waals surface area (Å²) in [6.45, 7) is 0.740. The van der Waals surface area contributed by atoms with E-state index in [-0.39, 0.29) is 6.61 Å². The van der Waals surface area contributed by atoms with Crippen molar-refractivity contribution in [2.24, 2.45) is 0 Å². The molecule has 68 valence electrons. The van der Waals surface area contributed by atoms with Crippen molar-refractivity contribution in [1.82, 2.24) is 14.2 Å². The lowest BCUT2D eigenvalue weighted by atomic mass is 10.4. The lowest BCUT2D eigenvalue weighted by Gasteiger charge is -2.03. The fourth-order valence-corrected chi connectivity index (χ4v) is 1.62. The van der Waals surface area contributed by atoms with E-state index in [9.17, 15) is 0 Å². The van der Waals surface area contributed by atoms with E-state index < -0.39 is 0 Å². The van der Waals surface area contributed by atoms with E-state index in [2.05, 4.69) is 9.59 Å². The zero-order valence-corrected chi connectivity index (χ0v) is 7.74. The highest BCUT2D eigenvalue weighted by Gasteiger charge is 2.01. The largest absolute Gasteiger partial charge is 0.390 e. The van der Waals surface area contributed by atoms with E-state index in [0.717, 1.165) is 11.4 Å². The van der Waals surface area contributed by atoms with Crippen LogP contribution in [0.1, 0.15) is 11.4 Å². The van der Waals surface area contributed by atoms with Crippen molar-refractivity contribution in [3.8, 4) is 0 Å². The Morgan fingerprint density at radius 1 is 1.54 bits per heavy atom. The lowest BCUT2D eigenvalue weighted by molar-refractivity contribution is 0.271. The van der Waals surface area contributed by atoms with Crippen LogP contribution in [-0.4, -0.2) is 19.3 Å². The van der Waals surface area contributed by atoms with Crippen LogP contribution >= 0.6 is 11.5 Å². The summed E-state index contributed by atoms with van der Waals surface area (Å²) in [7, 11) is 0. The maximum absolute atomic E-state index is 8.98. The van der Waals surface area contributed by atoms with Gasteiger partial charge < -0.3 is 9.67 Å². The zero-order valence-electron chi connectivity index (χ0n) is 6.92. The summed E-state index contributed by atoms with van der Waals surface area (Å²) >= 11 is 1.34. The maximum atomic E-state index is 8.98. The lowest BCUT2D eigenvalue weighted by Crippen LogP contribution is -2.03. The van der Waals surface area contributed by atoms with Gasteiger partial charge in [-0.15, -0.1) is 5.10 Å². The van der Waals surface area contributed by atoms with E-state index >= 15 is 0 Å². The number of nitrogens with zero attached hydrogens (tertiary/aromatic N) is 3. The van der Waals surface area contributed by atoms with Crippen molar-refractivity contribution in [3.63, 3.8) is 0 Å². The van der Waals surface area contributed by atoms with Crippen LogP contribution in [-0.2, 0) is 13.2 Å². The van der Waals surface area contributed by atoms with Gasteiger partial charge in [-0.25, -0.2) is 0 Å². The molecule has 0 aliphatic rings. The standard InChI is InChI=1S/C8H9N3OS/c12-5-8-2-1-3-11(8)4-7-6-13-10-9-7/h1-3,6,12H,4-5H2. The SMILES string of the molecule is OCc1cccn1Cc1csnn1. The zero-order chi connectivity index (χ0) is 9.10. The van der Waals surface area contributed by atoms with Crippen LogP contribution in [0.2, 0.25) is 0 Å². The molecule has 0 atom stereocenters. The van der Waals surface area contributed by atoms with Crippen LogP contribution in [0, 0.1) is 0 Å². The molecule has 0 unspecified atom stereocenters. The molecular weight excluding hydrogens is 186 g/mol. The van der Waals surface area contributed by atoms with Crippen molar-refractivity contribution in [1.29, 1.82) is 0 Å². The molecule has 2 heterocycles. The van der Waals surface area contributed by atoms with Crippen molar-refractivity contribution in [3.05, 3.63) is 35.1 Å². The van der Waals surface area contributed by atoms with Crippen molar-refractivity contribution < 1.29 is 5.11 Å². The highest BCUT2D eigenvalue weighted by molar-refractivity contribution is 7.03. The predicted molar refractivity (Wildman–Crippen MR) is 49.4 cm³/mol. The van der Waals surface area contributed by atoms with E-state index in [0.29, 0.717) is 6.54 Å². The third kappa shape index (κ3) is 1.76. The fourth-order valence-electron chi connectivity index (χ4n) is 1.17. The average molecular weight is 195 g/mol. The number of aromatic nitrogens is 3. The summed E-state index contributed by atoms with van der Waals surface area (Å²) in [5.74, 6) is 0. The highest BCUT2D eigenvalue weighted by Crippen LogP contribution is 2.06. The molecule has 0 spiro atoms. The molecule has 0 fully saturated rings. The molecule has 0 aliphatic heterocycles. The first-order valence-electron chi connectivity index (χ1n) is 3.91. The summed E-state index contributed by atoms with van der Waals surface area (Å²) in [5, 5.41) is 14.8. The van der Waals surface area contributed by atoms with Crippen LogP contribution in [0.15, 0.2) is 23.7 Å². The van der Waals surface area contributed by atoms with Crippen molar-refractivity contribution in [2.45, 2.75) is 13.2 Å². The molecule has 0 saturated carbocycles. The van der Waals surface area contributed by atoms with E-state index in [1.807, 2.05) is 28.3 Å². The van der Waals surface area contributed by atoms with Gasteiger partial charge in [-0.1, -0.05) is 4.49 Å². The second-order valence-electron chi connectivity index (χ2n) is 2.68. The smallest absolute Gasteiger partial charge is 0.0952 e. The number of hydrogen-bond donors (Lipinski definition) is 1. The molecule has 2 aromatic rings. The Morgan fingerprint density at radius 3 is 3.15 bits per heavy atom. The van der Waals surface area contributed by atoms with Gasteiger partial charge >= 0.3 is 0 Å². The van der Waals surface area contributed by atoms with Crippen LogP contribution in [0.3, 0.4) is 0 Å². The molecule has 13 heavy (non-hydrogen) atoms. The normalized spacial score (nSPS) is 10.5. The van der Waals surface area contributed by atoms with E-state index in [4.69, 9.17) is 5.11 Å². The maximum Gasteiger partial charge on any atom is 0.0952 e. The minimum Gasteiger partial charge on any atom is -0.390 e. The Kier molecular flexibility index (Phi) is 2.37. The Morgan fingerprint density at radius 2 is 2.46 bits per heavy atom. The van der Waals surface area contributed by atoms with Gasteiger partial charge in [0.2, 0.25) is 0 Å². The van der Waals surface area contributed by atoms with Gasteiger partial charge in [0.1, 0.15) is 0 Å². The van der Waals surface area contributed by atoms with Crippen LogP contribution < -0.4 is 0 Å². The molecule has 5 heteroatoms. The van der Waals surface area contributed by atoms with Crippen molar-refractivity contribution in [2.75, 3.05) is 0 Å². The molecular formula is C8H9N3OS. The molecule has 0 aliphatic carbocycles. The van der Waals surface area contributed by atoms with Crippen LogP contribution in [0.5, 0.6) is 0 Å². The average Bonchev–Trinajstić information content (AvgIpc) is 2.76. The second kappa shape index (κ2) is 3.68. The summed E-state index contributed by atoms with van der Waals surface area (Å²) in [6, 6.07) is 3.80. The number of aliphatic hydroxyl groups excluding tert-OH is 1. The Balaban J connectivity index is 2.18. The molecule has 1 N–H and O–H groups in total. The summed E-state index contributed by atoms with van der Waals surface area (Å²) < 4.78 is 5.73. The molecule has 0 radical (unpaired) electrons. The molecule has 2 rings (SSSR count). The predicted octanol–water partition coefficient (Wildman–Crippen LogP) is 0.880. The van der Waals surface area contributed by atoms with Gasteiger partial charge in [-0.2, -0.15) is 0 Å². The van der Waals surface area contributed by atoms with Gasteiger partial charge in [0.05, 0.1) is 18.8 Å². The van der Waals surface area contributed by atoms with Gasteiger partial charge in [0.15, 0.2) is 0 Å². The van der Waals surface area contributed by atoms with Gasteiger partial charge in [-0.05, 0) is 23.7 Å². The van der Waals surface area contributed by atoms with Gasteiger partial charge in [0.25, 0.3) is 0 Å². The monoisotopic (exact) mass is 195 g/mol. The summed E-state index contributed by atoms with van der Waals surface area (Å²) in [6.07, 6.45) is 1.92. The molecule has 0 bridgehead atoms. The second-order valence-corrected chi connectivity index (χ2v) is 3.29. The number of rotatable bonds is 3. The van der Waals surface area contributed by atoms with E-state index in [1.165, 1.54) is 11.5 Å². The summed E-state index contributed by atoms with van der Waals surface area (Å²) in [4.78, 5) is 0. The Bertz CT molecular complexity index is 368. The summed E-state index contributed by atoms with van der Waals surface area (Å²) in [5.41, 5.74) is 1.82. The molecule has 4 nitrogen and oxygen atoms in total. The molecule has 0 saturated heterocycles. The minimum atomic E-state index is 0.0601.